The first-order valence-corrected chi connectivity index (χ1v) is 8.50. The smallest absolute Gasteiger partial charge is 0.164 e. The van der Waals surface area contributed by atoms with Crippen LogP contribution in [0.3, 0.4) is 0 Å². The van der Waals surface area contributed by atoms with Gasteiger partial charge < -0.3 is 5.73 Å². The number of hydrogen-bond donors (Lipinski definition) is 1. The van der Waals surface area contributed by atoms with Gasteiger partial charge in [0.2, 0.25) is 0 Å². The van der Waals surface area contributed by atoms with Crippen molar-refractivity contribution in [2.75, 3.05) is 5.73 Å². The first-order valence-electron chi connectivity index (χ1n) is 7.68. The SMILES string of the molecule is N#Cc1cncc(-c2nc(N)c3cc(Cc4ccccc4)sc3n2)c1. The number of thiophene rings is 1. The van der Waals surface area contributed by atoms with E-state index in [4.69, 9.17) is 11.0 Å². The molecule has 0 unspecified atom stereocenters. The molecule has 0 saturated carbocycles. The molecule has 0 aliphatic rings. The molecule has 0 aliphatic heterocycles. The summed E-state index contributed by atoms with van der Waals surface area (Å²) in [5.41, 5.74) is 8.54. The Kier molecular flexibility index (Phi) is 3.84. The molecule has 0 saturated heterocycles. The number of rotatable bonds is 3. The van der Waals surface area contributed by atoms with E-state index in [2.05, 4.69) is 39.2 Å². The van der Waals surface area contributed by atoms with Gasteiger partial charge in [-0.2, -0.15) is 5.26 Å². The highest BCUT2D eigenvalue weighted by molar-refractivity contribution is 7.18. The van der Waals surface area contributed by atoms with Crippen LogP contribution in [0.1, 0.15) is 16.0 Å². The van der Waals surface area contributed by atoms with Gasteiger partial charge in [-0.15, -0.1) is 11.3 Å². The molecule has 3 heterocycles. The minimum Gasteiger partial charge on any atom is -0.383 e. The van der Waals surface area contributed by atoms with Crippen LogP contribution in [0.2, 0.25) is 0 Å². The number of aromatic nitrogens is 3. The van der Waals surface area contributed by atoms with Gasteiger partial charge >= 0.3 is 0 Å². The summed E-state index contributed by atoms with van der Waals surface area (Å²) in [6, 6.07) is 16.1. The lowest BCUT2D eigenvalue weighted by atomic mass is 10.1. The zero-order chi connectivity index (χ0) is 17.2. The number of nitrogens with zero attached hydrogens (tertiary/aromatic N) is 4. The molecule has 3 aromatic heterocycles. The van der Waals surface area contributed by atoms with Crippen molar-refractivity contribution in [3.8, 4) is 17.5 Å². The van der Waals surface area contributed by atoms with E-state index in [-0.39, 0.29) is 0 Å². The molecule has 120 valence electrons. The van der Waals surface area contributed by atoms with Crippen LogP contribution in [0.25, 0.3) is 21.6 Å². The van der Waals surface area contributed by atoms with E-state index in [1.807, 2.05) is 18.2 Å². The van der Waals surface area contributed by atoms with Crippen molar-refractivity contribution in [2.24, 2.45) is 0 Å². The third-order valence-electron chi connectivity index (χ3n) is 3.82. The fraction of sp³-hybridized carbons (Fsp3) is 0.0526. The van der Waals surface area contributed by atoms with Crippen molar-refractivity contribution in [1.29, 1.82) is 5.26 Å². The second-order valence-corrected chi connectivity index (χ2v) is 6.72. The van der Waals surface area contributed by atoms with Gasteiger partial charge in [0.15, 0.2) is 5.82 Å². The molecule has 0 bridgehead atoms. The fourth-order valence-electron chi connectivity index (χ4n) is 2.63. The zero-order valence-electron chi connectivity index (χ0n) is 13.2. The molecule has 0 fully saturated rings. The average molecular weight is 343 g/mol. The lowest BCUT2D eigenvalue weighted by Gasteiger charge is -2.02. The monoisotopic (exact) mass is 343 g/mol. The van der Waals surface area contributed by atoms with Crippen molar-refractivity contribution in [3.05, 3.63) is 70.9 Å². The van der Waals surface area contributed by atoms with E-state index in [9.17, 15) is 0 Å². The van der Waals surface area contributed by atoms with Crippen LogP contribution in [-0.4, -0.2) is 15.0 Å². The molecular formula is C19H13N5S. The lowest BCUT2D eigenvalue weighted by molar-refractivity contribution is 1.21. The predicted octanol–water partition coefficient (Wildman–Crippen LogP) is 3.80. The van der Waals surface area contributed by atoms with E-state index < -0.39 is 0 Å². The highest BCUT2D eigenvalue weighted by atomic mass is 32.1. The highest BCUT2D eigenvalue weighted by Gasteiger charge is 2.12. The number of fused-ring (bicyclic) bond motifs is 1. The maximum atomic E-state index is 9.03. The molecule has 0 radical (unpaired) electrons. The number of anilines is 1. The molecule has 25 heavy (non-hydrogen) atoms. The Morgan fingerprint density at radius 1 is 1.08 bits per heavy atom. The highest BCUT2D eigenvalue weighted by Crippen LogP contribution is 2.31. The van der Waals surface area contributed by atoms with Gasteiger partial charge in [-0.1, -0.05) is 30.3 Å². The Hall–Kier alpha value is -3.30. The first kappa shape index (κ1) is 15.2. The minimum atomic E-state index is 0.443. The maximum Gasteiger partial charge on any atom is 0.164 e. The summed E-state index contributed by atoms with van der Waals surface area (Å²) in [4.78, 5) is 15.1. The van der Waals surface area contributed by atoms with Crippen LogP contribution >= 0.6 is 11.3 Å². The number of nitrogens with two attached hydrogens (primary N) is 1. The summed E-state index contributed by atoms with van der Waals surface area (Å²) in [6.45, 7) is 0. The maximum absolute atomic E-state index is 9.03. The number of benzene rings is 1. The molecule has 2 N–H and O–H groups in total. The van der Waals surface area contributed by atoms with Gasteiger partial charge in [0.05, 0.1) is 10.9 Å². The molecule has 4 aromatic rings. The van der Waals surface area contributed by atoms with Gasteiger partial charge in [0, 0.05) is 29.3 Å². The van der Waals surface area contributed by atoms with Gasteiger partial charge in [-0.05, 0) is 17.7 Å². The zero-order valence-corrected chi connectivity index (χ0v) is 14.0. The van der Waals surface area contributed by atoms with E-state index in [1.165, 1.54) is 16.6 Å². The molecule has 0 amide bonds. The fourth-order valence-corrected chi connectivity index (χ4v) is 3.70. The van der Waals surface area contributed by atoms with Gasteiger partial charge in [-0.25, -0.2) is 9.97 Å². The van der Waals surface area contributed by atoms with Crippen molar-refractivity contribution >= 4 is 27.4 Å². The summed E-state index contributed by atoms with van der Waals surface area (Å²) in [5.74, 6) is 0.931. The molecule has 0 aliphatic carbocycles. The molecule has 6 heteroatoms. The van der Waals surface area contributed by atoms with Crippen LogP contribution in [-0.2, 0) is 6.42 Å². The summed E-state index contributed by atoms with van der Waals surface area (Å²) in [5, 5.41) is 9.89. The van der Waals surface area contributed by atoms with E-state index in [1.54, 1.807) is 23.6 Å². The Labute approximate surface area is 148 Å². The van der Waals surface area contributed by atoms with E-state index in [0.29, 0.717) is 22.8 Å². The number of pyridine rings is 1. The molecule has 5 nitrogen and oxygen atoms in total. The van der Waals surface area contributed by atoms with Gasteiger partial charge in [0.1, 0.15) is 16.7 Å². The van der Waals surface area contributed by atoms with Crippen molar-refractivity contribution in [1.82, 2.24) is 15.0 Å². The van der Waals surface area contributed by atoms with Crippen molar-refractivity contribution in [3.63, 3.8) is 0 Å². The van der Waals surface area contributed by atoms with Crippen LogP contribution in [0.4, 0.5) is 5.82 Å². The topological polar surface area (TPSA) is 88.5 Å². The van der Waals surface area contributed by atoms with E-state index in [0.717, 1.165) is 16.6 Å². The third-order valence-corrected chi connectivity index (χ3v) is 4.85. The number of nitrogen functional groups attached to an aromatic ring is 1. The largest absolute Gasteiger partial charge is 0.383 e. The summed E-state index contributed by atoms with van der Waals surface area (Å²) < 4.78 is 0. The Morgan fingerprint density at radius 3 is 2.72 bits per heavy atom. The van der Waals surface area contributed by atoms with E-state index >= 15 is 0 Å². The molecule has 4 rings (SSSR count). The van der Waals surface area contributed by atoms with Gasteiger partial charge in [0.25, 0.3) is 0 Å². The van der Waals surface area contributed by atoms with Crippen molar-refractivity contribution in [2.45, 2.75) is 6.42 Å². The van der Waals surface area contributed by atoms with Gasteiger partial charge in [-0.3, -0.25) is 4.98 Å². The minimum absolute atomic E-state index is 0.443. The Morgan fingerprint density at radius 2 is 1.92 bits per heavy atom. The lowest BCUT2D eigenvalue weighted by Crippen LogP contribution is -1.96. The molecule has 1 aromatic carbocycles. The summed E-state index contributed by atoms with van der Waals surface area (Å²) >= 11 is 1.61. The Balaban J connectivity index is 1.75. The van der Waals surface area contributed by atoms with Crippen LogP contribution < -0.4 is 5.73 Å². The van der Waals surface area contributed by atoms with Crippen molar-refractivity contribution < 1.29 is 0 Å². The third kappa shape index (κ3) is 3.05. The van der Waals surface area contributed by atoms with Crippen LogP contribution in [0, 0.1) is 11.3 Å². The molecular weight excluding hydrogens is 330 g/mol. The second-order valence-electron chi connectivity index (χ2n) is 5.60. The van der Waals surface area contributed by atoms with Crippen LogP contribution in [0.15, 0.2) is 54.9 Å². The Bertz CT molecular complexity index is 1100. The number of hydrogen-bond acceptors (Lipinski definition) is 6. The quantitative estimate of drug-likeness (QED) is 0.611. The number of nitriles is 1. The molecule has 0 spiro atoms. The molecule has 0 atom stereocenters. The normalized spacial score (nSPS) is 10.7. The summed E-state index contributed by atoms with van der Waals surface area (Å²) in [6.07, 6.45) is 3.98. The van der Waals surface area contributed by atoms with Crippen LogP contribution in [0.5, 0.6) is 0 Å². The summed E-state index contributed by atoms with van der Waals surface area (Å²) in [7, 11) is 0. The average Bonchev–Trinajstić information content (AvgIpc) is 3.05. The predicted molar refractivity (Wildman–Crippen MR) is 99.0 cm³/mol. The standard InChI is InChI=1S/C19H13N5S/c20-9-13-6-14(11-22-10-13)18-23-17(21)16-8-15(25-19(16)24-18)7-12-4-2-1-3-5-12/h1-6,8,10-11H,7H2,(H2,21,23,24). The first-order chi connectivity index (χ1) is 12.2. The second kappa shape index (κ2) is 6.30.